The number of thioether (sulfide) groups is 1. The van der Waals surface area contributed by atoms with Gasteiger partial charge in [-0.1, -0.05) is 18.2 Å². The Labute approximate surface area is 159 Å². The molecule has 0 saturated carbocycles. The molecule has 0 atom stereocenters. The summed E-state index contributed by atoms with van der Waals surface area (Å²) in [7, 11) is 1.65. The summed E-state index contributed by atoms with van der Waals surface area (Å²) in [6.07, 6.45) is 3.33. The topological polar surface area (TPSA) is 25.4 Å². The third-order valence-corrected chi connectivity index (χ3v) is 5.63. The van der Waals surface area contributed by atoms with Crippen LogP contribution in [0.1, 0.15) is 18.4 Å². The zero-order valence-corrected chi connectivity index (χ0v) is 16.0. The van der Waals surface area contributed by atoms with E-state index in [9.17, 15) is 4.39 Å². The predicted octanol–water partition coefficient (Wildman–Crippen LogP) is 4.45. The van der Waals surface area contributed by atoms with Crippen molar-refractivity contribution in [3.8, 4) is 5.88 Å². The lowest BCUT2D eigenvalue weighted by atomic mass is 10.1. The third-order valence-electron chi connectivity index (χ3n) is 4.36. The molecule has 1 fully saturated rings. The second-order valence-corrected chi connectivity index (χ2v) is 7.37. The van der Waals surface area contributed by atoms with E-state index < -0.39 is 0 Å². The fourth-order valence-corrected chi connectivity index (χ4v) is 4.02. The summed E-state index contributed by atoms with van der Waals surface area (Å²) in [6.45, 7) is 3.27. The highest BCUT2D eigenvalue weighted by atomic mass is 35.5. The van der Waals surface area contributed by atoms with Crippen molar-refractivity contribution in [3.63, 3.8) is 0 Å². The molecule has 0 amide bonds. The Morgan fingerprint density at radius 1 is 1.16 bits per heavy atom. The van der Waals surface area contributed by atoms with Crippen LogP contribution in [-0.4, -0.2) is 41.9 Å². The molecule has 3 nitrogen and oxygen atoms in total. The lowest BCUT2D eigenvalue weighted by molar-refractivity contribution is 0.235. The summed E-state index contributed by atoms with van der Waals surface area (Å²) in [5, 5.41) is 1.66. The van der Waals surface area contributed by atoms with Crippen molar-refractivity contribution in [3.05, 3.63) is 53.8 Å². The van der Waals surface area contributed by atoms with E-state index in [1.165, 1.54) is 18.4 Å². The van der Waals surface area contributed by atoms with Crippen molar-refractivity contribution in [1.82, 2.24) is 9.88 Å². The van der Waals surface area contributed by atoms with Gasteiger partial charge in [-0.25, -0.2) is 9.37 Å². The molecular formula is C19H24ClFN2OS. The van der Waals surface area contributed by atoms with Gasteiger partial charge in [0.05, 0.1) is 7.11 Å². The summed E-state index contributed by atoms with van der Waals surface area (Å²) >= 11 is 1.85. The first-order valence-corrected chi connectivity index (χ1v) is 9.25. The van der Waals surface area contributed by atoms with Crippen LogP contribution < -0.4 is 4.74 Å². The molecular weight excluding hydrogens is 359 g/mol. The monoisotopic (exact) mass is 382 g/mol. The number of hydrogen-bond donors (Lipinski definition) is 0. The molecule has 1 aliphatic rings. The standard InChI is InChI=1S/C19H23FN2OS.ClH/c1-23-18-3-2-4-19(21-18)24-17-10-13-22(14-11-17)12-9-15-5-7-16(20)8-6-15;/h2-8,17H,9-14H2,1H3;1H. The van der Waals surface area contributed by atoms with Crippen LogP contribution in [-0.2, 0) is 6.42 Å². The summed E-state index contributed by atoms with van der Waals surface area (Å²) in [5.41, 5.74) is 1.20. The van der Waals surface area contributed by atoms with Crippen molar-refractivity contribution >= 4 is 24.2 Å². The van der Waals surface area contributed by atoms with E-state index in [-0.39, 0.29) is 18.2 Å². The van der Waals surface area contributed by atoms with Crippen molar-refractivity contribution < 1.29 is 9.13 Å². The number of rotatable bonds is 6. The van der Waals surface area contributed by atoms with Crippen LogP contribution in [0.5, 0.6) is 5.88 Å². The Hall–Kier alpha value is -1.30. The Bertz CT molecular complexity index is 648. The van der Waals surface area contributed by atoms with E-state index in [2.05, 4.69) is 9.88 Å². The molecule has 2 heterocycles. The van der Waals surface area contributed by atoms with Gasteiger partial charge in [0, 0.05) is 17.9 Å². The minimum Gasteiger partial charge on any atom is -0.481 e. The molecule has 0 spiro atoms. The van der Waals surface area contributed by atoms with Gasteiger partial charge in [-0.15, -0.1) is 24.2 Å². The van der Waals surface area contributed by atoms with Crippen LogP contribution in [0.15, 0.2) is 47.5 Å². The Kier molecular flexibility index (Phi) is 8.00. The highest BCUT2D eigenvalue weighted by Crippen LogP contribution is 2.30. The maximum atomic E-state index is 12.9. The van der Waals surface area contributed by atoms with Crippen molar-refractivity contribution in [2.75, 3.05) is 26.7 Å². The zero-order chi connectivity index (χ0) is 16.8. The number of pyridine rings is 1. The number of ether oxygens (including phenoxy) is 1. The molecule has 1 aromatic carbocycles. The normalized spacial score (nSPS) is 15.6. The number of halogens is 2. The molecule has 2 aromatic rings. The quantitative estimate of drug-likeness (QED) is 0.737. The molecule has 6 heteroatoms. The van der Waals surface area contributed by atoms with E-state index >= 15 is 0 Å². The third kappa shape index (κ3) is 6.17. The van der Waals surface area contributed by atoms with Gasteiger partial charge < -0.3 is 9.64 Å². The van der Waals surface area contributed by atoms with E-state index in [4.69, 9.17) is 4.74 Å². The predicted molar refractivity (Wildman–Crippen MR) is 103 cm³/mol. The molecule has 0 unspecified atom stereocenters. The van der Waals surface area contributed by atoms with Crippen LogP contribution in [0, 0.1) is 5.82 Å². The van der Waals surface area contributed by atoms with Crippen LogP contribution in [0.2, 0.25) is 0 Å². The first-order chi connectivity index (χ1) is 11.7. The SMILES string of the molecule is COc1cccc(SC2CCN(CCc3ccc(F)cc3)CC2)n1.Cl. The fourth-order valence-electron chi connectivity index (χ4n) is 2.93. The minimum absolute atomic E-state index is 0. The van der Waals surface area contributed by atoms with Gasteiger partial charge in [0.2, 0.25) is 5.88 Å². The molecule has 0 N–H and O–H groups in total. The average Bonchev–Trinajstić information content (AvgIpc) is 2.63. The maximum absolute atomic E-state index is 12.9. The van der Waals surface area contributed by atoms with Gasteiger partial charge in [0.25, 0.3) is 0 Å². The van der Waals surface area contributed by atoms with Crippen LogP contribution >= 0.6 is 24.2 Å². The van der Waals surface area contributed by atoms with Crippen molar-refractivity contribution in [1.29, 1.82) is 0 Å². The number of piperidine rings is 1. The largest absolute Gasteiger partial charge is 0.481 e. The van der Waals surface area contributed by atoms with Gasteiger partial charge >= 0.3 is 0 Å². The van der Waals surface area contributed by atoms with Gasteiger partial charge in [-0.2, -0.15) is 0 Å². The second kappa shape index (κ2) is 10.00. The summed E-state index contributed by atoms with van der Waals surface area (Å²) < 4.78 is 18.1. The molecule has 1 saturated heterocycles. The molecule has 1 aliphatic heterocycles. The minimum atomic E-state index is -0.164. The molecule has 136 valence electrons. The molecule has 3 rings (SSSR count). The second-order valence-electron chi connectivity index (χ2n) is 6.05. The molecule has 1 aromatic heterocycles. The lowest BCUT2D eigenvalue weighted by Gasteiger charge is -2.31. The number of methoxy groups -OCH3 is 1. The van der Waals surface area contributed by atoms with Crippen LogP contribution in [0.4, 0.5) is 4.39 Å². The number of likely N-dealkylation sites (tertiary alicyclic amines) is 1. The number of aromatic nitrogens is 1. The van der Waals surface area contributed by atoms with Crippen molar-refractivity contribution in [2.24, 2.45) is 0 Å². The van der Waals surface area contributed by atoms with Gasteiger partial charge in [0.15, 0.2) is 0 Å². The van der Waals surface area contributed by atoms with E-state index in [0.29, 0.717) is 11.1 Å². The maximum Gasteiger partial charge on any atom is 0.213 e. The lowest BCUT2D eigenvalue weighted by Crippen LogP contribution is -2.36. The first kappa shape index (κ1) is 20.0. The van der Waals surface area contributed by atoms with E-state index in [1.54, 1.807) is 19.2 Å². The smallest absolute Gasteiger partial charge is 0.213 e. The zero-order valence-electron chi connectivity index (χ0n) is 14.4. The Balaban J connectivity index is 0.00000225. The van der Waals surface area contributed by atoms with Crippen LogP contribution in [0.3, 0.4) is 0 Å². The number of benzene rings is 1. The van der Waals surface area contributed by atoms with Gasteiger partial charge in [-0.05, 0) is 56.1 Å². The number of nitrogens with zero attached hydrogens (tertiary/aromatic N) is 2. The van der Waals surface area contributed by atoms with Crippen LogP contribution in [0.25, 0.3) is 0 Å². The molecule has 25 heavy (non-hydrogen) atoms. The Morgan fingerprint density at radius 2 is 1.88 bits per heavy atom. The highest BCUT2D eigenvalue weighted by Gasteiger charge is 2.20. The molecule has 0 aliphatic carbocycles. The van der Waals surface area contributed by atoms with Gasteiger partial charge in [0.1, 0.15) is 10.8 Å². The van der Waals surface area contributed by atoms with E-state index in [1.807, 2.05) is 42.1 Å². The molecule has 0 bridgehead atoms. The average molecular weight is 383 g/mol. The molecule has 0 radical (unpaired) electrons. The fraction of sp³-hybridized carbons (Fsp3) is 0.421. The Morgan fingerprint density at radius 3 is 2.56 bits per heavy atom. The van der Waals surface area contributed by atoms with Gasteiger partial charge in [-0.3, -0.25) is 0 Å². The first-order valence-electron chi connectivity index (χ1n) is 8.37. The number of hydrogen-bond acceptors (Lipinski definition) is 4. The highest BCUT2D eigenvalue weighted by molar-refractivity contribution is 7.99. The summed E-state index contributed by atoms with van der Waals surface area (Å²) in [5.74, 6) is 0.513. The summed E-state index contributed by atoms with van der Waals surface area (Å²) in [4.78, 5) is 6.98. The van der Waals surface area contributed by atoms with E-state index in [0.717, 1.165) is 31.1 Å². The van der Waals surface area contributed by atoms with Crippen molar-refractivity contribution in [2.45, 2.75) is 29.5 Å². The summed E-state index contributed by atoms with van der Waals surface area (Å²) in [6, 6.07) is 12.8.